The van der Waals surface area contributed by atoms with Crippen molar-refractivity contribution in [3.63, 3.8) is 0 Å². The molecule has 27 heavy (non-hydrogen) atoms. The maximum atomic E-state index is 10.1. The lowest BCUT2D eigenvalue weighted by molar-refractivity contribution is 0.471. The summed E-state index contributed by atoms with van der Waals surface area (Å²) in [6.45, 7) is 0. The molecule has 1 heterocycles. The van der Waals surface area contributed by atoms with Crippen molar-refractivity contribution in [3.05, 3.63) is 73.6 Å². The monoisotopic (exact) mass is 548 g/mol. The van der Waals surface area contributed by atoms with E-state index in [-0.39, 0.29) is 5.75 Å². The summed E-state index contributed by atoms with van der Waals surface area (Å²) >= 11 is 10.1. The first-order chi connectivity index (χ1) is 13.0. The molecule has 0 aliphatic carbocycles. The number of aliphatic imine (C=N–C) groups is 1. The highest BCUT2D eigenvalue weighted by Crippen LogP contribution is 2.32. The summed E-state index contributed by atoms with van der Waals surface area (Å²) in [5.74, 6) is 0.703. The number of hydrogen-bond donors (Lipinski definition) is 1. The number of nitrogens with zero attached hydrogens (tertiary/aromatic N) is 2. The molecule has 1 N–H and O–H groups in total. The summed E-state index contributed by atoms with van der Waals surface area (Å²) in [6.07, 6.45) is 1.61. The van der Waals surface area contributed by atoms with Gasteiger partial charge in [0.25, 0.3) is 0 Å². The van der Waals surface area contributed by atoms with Crippen LogP contribution in [0.1, 0.15) is 5.56 Å². The van der Waals surface area contributed by atoms with Crippen LogP contribution in [0.25, 0.3) is 22.6 Å². The molecule has 134 valence electrons. The molecule has 4 aromatic rings. The van der Waals surface area contributed by atoms with Gasteiger partial charge in [0.15, 0.2) is 5.58 Å². The van der Waals surface area contributed by atoms with Gasteiger partial charge in [0, 0.05) is 26.3 Å². The Morgan fingerprint density at radius 3 is 2.48 bits per heavy atom. The molecule has 0 saturated heterocycles. The molecular weight excluding hydrogens is 540 g/mol. The van der Waals surface area contributed by atoms with Crippen molar-refractivity contribution in [1.82, 2.24) is 4.98 Å². The maximum absolute atomic E-state index is 10.1. The lowest BCUT2D eigenvalue weighted by Crippen LogP contribution is -1.84. The topological polar surface area (TPSA) is 58.6 Å². The van der Waals surface area contributed by atoms with Crippen LogP contribution in [0.4, 0.5) is 5.69 Å². The van der Waals surface area contributed by atoms with E-state index in [0.717, 1.165) is 20.0 Å². The van der Waals surface area contributed by atoms with Crippen LogP contribution in [0.5, 0.6) is 5.75 Å². The van der Waals surface area contributed by atoms with E-state index in [1.54, 1.807) is 18.3 Å². The molecule has 7 heteroatoms. The molecule has 0 aliphatic rings. The summed E-state index contributed by atoms with van der Waals surface area (Å²) in [6, 6.07) is 16.9. The third-order valence-electron chi connectivity index (χ3n) is 3.87. The third kappa shape index (κ3) is 4.00. The van der Waals surface area contributed by atoms with E-state index in [9.17, 15) is 5.11 Å². The van der Waals surface area contributed by atoms with Gasteiger partial charge in [-0.1, -0.05) is 31.9 Å². The van der Waals surface area contributed by atoms with Gasteiger partial charge in [0.2, 0.25) is 5.89 Å². The van der Waals surface area contributed by atoms with E-state index in [0.29, 0.717) is 27.2 Å². The second-order valence-corrected chi connectivity index (χ2v) is 8.45. The van der Waals surface area contributed by atoms with Crippen LogP contribution in [0.2, 0.25) is 0 Å². The van der Waals surface area contributed by atoms with Gasteiger partial charge in [-0.05, 0) is 70.5 Å². The van der Waals surface area contributed by atoms with E-state index >= 15 is 0 Å². The summed E-state index contributed by atoms with van der Waals surface area (Å²) in [7, 11) is 0. The Morgan fingerprint density at radius 1 is 0.926 bits per heavy atom. The van der Waals surface area contributed by atoms with Gasteiger partial charge in [-0.3, -0.25) is 4.99 Å². The fourth-order valence-electron chi connectivity index (χ4n) is 2.54. The lowest BCUT2D eigenvalue weighted by atomic mass is 10.2. The minimum atomic E-state index is 0.141. The van der Waals surface area contributed by atoms with Crippen LogP contribution in [0.3, 0.4) is 0 Å². The number of fused-ring (bicyclic) bond motifs is 1. The highest BCUT2D eigenvalue weighted by Gasteiger charge is 2.09. The highest BCUT2D eigenvalue weighted by molar-refractivity contribution is 9.11. The van der Waals surface area contributed by atoms with Gasteiger partial charge >= 0.3 is 0 Å². The van der Waals surface area contributed by atoms with Crippen LogP contribution >= 0.6 is 47.8 Å². The predicted octanol–water partition coefficient (Wildman–Crippen LogP) is 7.24. The first-order valence-corrected chi connectivity index (χ1v) is 10.3. The zero-order chi connectivity index (χ0) is 19.0. The zero-order valence-corrected chi connectivity index (χ0v) is 18.4. The number of halogens is 3. The molecule has 0 amide bonds. The first kappa shape index (κ1) is 18.4. The Kier molecular flexibility index (Phi) is 5.16. The Morgan fingerprint density at radius 2 is 1.70 bits per heavy atom. The van der Waals surface area contributed by atoms with E-state index < -0.39 is 0 Å². The standard InChI is InChI=1S/C20H11Br3N2O2/c21-13-3-1-11(2-4-13)20-25-17-9-15(5-6-18(17)27-20)24-10-12-7-14(22)8-16(23)19(12)26/h1-10,26H. The molecule has 0 atom stereocenters. The number of phenols is 1. The zero-order valence-electron chi connectivity index (χ0n) is 13.7. The van der Waals surface area contributed by atoms with Crippen LogP contribution in [-0.2, 0) is 0 Å². The number of rotatable bonds is 3. The van der Waals surface area contributed by atoms with E-state index in [4.69, 9.17) is 4.42 Å². The predicted molar refractivity (Wildman–Crippen MR) is 118 cm³/mol. The van der Waals surface area contributed by atoms with Crippen LogP contribution in [0.15, 0.2) is 77.4 Å². The summed E-state index contributed by atoms with van der Waals surface area (Å²) in [4.78, 5) is 9.00. The van der Waals surface area contributed by atoms with E-state index in [1.165, 1.54) is 0 Å². The fourth-order valence-corrected chi connectivity index (χ4v) is 4.06. The molecule has 0 radical (unpaired) electrons. The molecule has 0 fully saturated rings. The quantitative estimate of drug-likeness (QED) is 0.274. The molecule has 0 bridgehead atoms. The summed E-state index contributed by atoms with van der Waals surface area (Å²) in [5, 5.41) is 10.1. The third-order valence-corrected chi connectivity index (χ3v) is 5.46. The minimum absolute atomic E-state index is 0.141. The van der Waals surface area contributed by atoms with Crippen molar-refractivity contribution in [1.29, 1.82) is 0 Å². The molecule has 3 aromatic carbocycles. The molecule has 0 saturated carbocycles. The Balaban J connectivity index is 1.67. The van der Waals surface area contributed by atoms with Crippen molar-refractivity contribution < 1.29 is 9.52 Å². The largest absolute Gasteiger partial charge is 0.506 e. The van der Waals surface area contributed by atoms with Gasteiger partial charge < -0.3 is 9.52 Å². The van der Waals surface area contributed by atoms with E-state index in [1.807, 2.05) is 42.5 Å². The average molecular weight is 551 g/mol. The number of hydrogen-bond acceptors (Lipinski definition) is 4. The van der Waals surface area contributed by atoms with Crippen molar-refractivity contribution in [2.75, 3.05) is 0 Å². The van der Waals surface area contributed by atoms with Crippen LogP contribution in [0, 0.1) is 0 Å². The van der Waals surface area contributed by atoms with Crippen molar-refractivity contribution >= 4 is 70.8 Å². The molecule has 1 aromatic heterocycles. The van der Waals surface area contributed by atoms with Gasteiger partial charge in [-0.2, -0.15) is 0 Å². The maximum Gasteiger partial charge on any atom is 0.227 e. The van der Waals surface area contributed by atoms with Crippen molar-refractivity contribution in [3.8, 4) is 17.2 Å². The number of aromatic nitrogens is 1. The molecule has 0 unspecified atom stereocenters. The average Bonchev–Trinajstić information content (AvgIpc) is 3.07. The van der Waals surface area contributed by atoms with Crippen molar-refractivity contribution in [2.45, 2.75) is 0 Å². The first-order valence-electron chi connectivity index (χ1n) is 7.88. The van der Waals surface area contributed by atoms with Crippen LogP contribution < -0.4 is 0 Å². The Hall–Kier alpha value is -1.96. The highest BCUT2D eigenvalue weighted by atomic mass is 79.9. The van der Waals surface area contributed by atoms with Gasteiger partial charge in [0.1, 0.15) is 11.3 Å². The van der Waals surface area contributed by atoms with Gasteiger partial charge in [0.05, 0.1) is 10.2 Å². The van der Waals surface area contributed by atoms with E-state index in [2.05, 4.69) is 57.8 Å². The number of aromatic hydroxyl groups is 1. The molecular formula is C20H11Br3N2O2. The fraction of sp³-hybridized carbons (Fsp3) is 0. The molecule has 4 rings (SSSR count). The SMILES string of the molecule is Oc1c(Br)cc(Br)cc1C=Nc1ccc2oc(-c3ccc(Br)cc3)nc2c1. The lowest BCUT2D eigenvalue weighted by Gasteiger charge is -2.02. The number of benzene rings is 3. The Labute approximate surface area is 180 Å². The van der Waals surface area contributed by atoms with Gasteiger partial charge in [-0.25, -0.2) is 4.98 Å². The van der Waals surface area contributed by atoms with Crippen LogP contribution in [-0.4, -0.2) is 16.3 Å². The second kappa shape index (κ2) is 7.58. The normalized spacial score (nSPS) is 11.5. The van der Waals surface area contributed by atoms with Gasteiger partial charge in [-0.15, -0.1) is 0 Å². The number of oxazole rings is 1. The Bertz CT molecular complexity index is 1170. The molecule has 4 nitrogen and oxygen atoms in total. The molecule has 0 spiro atoms. The minimum Gasteiger partial charge on any atom is -0.506 e. The molecule has 0 aliphatic heterocycles. The second-order valence-electron chi connectivity index (χ2n) is 5.76. The smallest absolute Gasteiger partial charge is 0.227 e. The number of phenolic OH excluding ortho intramolecular Hbond substituents is 1. The summed E-state index contributed by atoms with van der Waals surface area (Å²) in [5.41, 5.74) is 3.64. The summed E-state index contributed by atoms with van der Waals surface area (Å²) < 4.78 is 8.28. The van der Waals surface area contributed by atoms with Crippen molar-refractivity contribution in [2.24, 2.45) is 4.99 Å².